The van der Waals surface area contributed by atoms with E-state index in [1.165, 1.54) is 0 Å². The number of carbonyl (C=O) groups excluding carboxylic acids is 1. The summed E-state index contributed by atoms with van der Waals surface area (Å²) >= 11 is 0. The van der Waals surface area contributed by atoms with Gasteiger partial charge >= 0.3 is 0 Å². The topological polar surface area (TPSA) is 67.0 Å². The summed E-state index contributed by atoms with van der Waals surface area (Å²) in [6.07, 6.45) is 0. The summed E-state index contributed by atoms with van der Waals surface area (Å²) in [5, 5.41) is 9.26. The highest BCUT2D eigenvalue weighted by molar-refractivity contribution is 5.90. The first-order chi connectivity index (χ1) is 6.87. The lowest BCUT2D eigenvalue weighted by Crippen LogP contribution is -2.27. The van der Waals surface area contributed by atoms with Crippen LogP contribution in [0.15, 0.2) is 6.07 Å². The van der Waals surface area contributed by atoms with E-state index in [2.05, 4.69) is 15.5 Å². The summed E-state index contributed by atoms with van der Waals surface area (Å²) in [7, 11) is 0. The molecule has 0 radical (unpaired) electrons. The molecule has 84 valence electrons. The second-order valence-electron chi connectivity index (χ2n) is 4.39. The molecule has 0 aliphatic carbocycles. The van der Waals surface area contributed by atoms with Crippen LogP contribution in [-0.2, 0) is 9.53 Å². The van der Waals surface area contributed by atoms with E-state index >= 15 is 0 Å². The first-order valence-electron chi connectivity index (χ1n) is 4.83. The van der Waals surface area contributed by atoms with E-state index in [4.69, 9.17) is 4.74 Å². The van der Waals surface area contributed by atoms with Crippen molar-refractivity contribution in [2.75, 3.05) is 11.9 Å². The number of carbonyl (C=O) groups is 1. The third-order valence-electron chi connectivity index (χ3n) is 1.61. The zero-order valence-corrected chi connectivity index (χ0v) is 9.55. The number of aromatic amines is 1. The molecule has 0 atom stereocenters. The summed E-state index contributed by atoms with van der Waals surface area (Å²) in [6, 6.07) is 1.76. The number of H-pyrrole nitrogens is 1. The van der Waals surface area contributed by atoms with Crippen molar-refractivity contribution < 1.29 is 9.53 Å². The number of nitrogens with one attached hydrogen (secondary N) is 2. The van der Waals surface area contributed by atoms with E-state index < -0.39 is 0 Å². The molecule has 0 saturated heterocycles. The number of anilines is 1. The minimum Gasteiger partial charge on any atom is -0.366 e. The molecule has 1 amide bonds. The largest absolute Gasteiger partial charge is 0.366 e. The van der Waals surface area contributed by atoms with Crippen molar-refractivity contribution in [3.05, 3.63) is 11.8 Å². The molecule has 5 nitrogen and oxygen atoms in total. The van der Waals surface area contributed by atoms with Gasteiger partial charge in [-0.15, -0.1) is 0 Å². The van der Waals surface area contributed by atoms with Crippen LogP contribution in [0.5, 0.6) is 0 Å². The van der Waals surface area contributed by atoms with Gasteiger partial charge in [-0.2, -0.15) is 5.10 Å². The van der Waals surface area contributed by atoms with Crippen LogP contribution in [0, 0.1) is 6.92 Å². The van der Waals surface area contributed by atoms with Crippen LogP contribution < -0.4 is 5.32 Å². The number of ether oxygens (including phenoxy) is 1. The highest BCUT2D eigenvalue weighted by Gasteiger charge is 2.13. The highest BCUT2D eigenvalue weighted by Crippen LogP contribution is 2.07. The molecule has 1 aromatic rings. The van der Waals surface area contributed by atoms with E-state index in [9.17, 15) is 4.79 Å². The van der Waals surface area contributed by atoms with Gasteiger partial charge in [0.25, 0.3) is 5.91 Å². The number of aromatic nitrogens is 2. The van der Waals surface area contributed by atoms with Gasteiger partial charge in [0.2, 0.25) is 0 Å². The zero-order chi connectivity index (χ0) is 11.5. The Morgan fingerprint density at radius 1 is 1.60 bits per heavy atom. The Bertz CT molecular complexity index is 339. The number of hydrogen-bond acceptors (Lipinski definition) is 3. The van der Waals surface area contributed by atoms with Gasteiger partial charge in [0, 0.05) is 11.8 Å². The predicted molar refractivity (Wildman–Crippen MR) is 57.7 cm³/mol. The fourth-order valence-corrected chi connectivity index (χ4v) is 0.943. The maximum absolute atomic E-state index is 11.4. The second kappa shape index (κ2) is 4.44. The van der Waals surface area contributed by atoms with Gasteiger partial charge in [0.05, 0.1) is 5.60 Å². The standard InChI is InChI=1S/C10H17N3O2/c1-7-5-8(13-12-7)11-9(14)6-15-10(2,3)4/h5H,6H2,1-4H3,(H2,11,12,13,14). The fourth-order valence-electron chi connectivity index (χ4n) is 0.943. The third kappa shape index (κ3) is 4.60. The number of rotatable bonds is 3. The van der Waals surface area contributed by atoms with Gasteiger partial charge < -0.3 is 10.1 Å². The quantitative estimate of drug-likeness (QED) is 0.795. The van der Waals surface area contributed by atoms with Gasteiger partial charge in [-0.3, -0.25) is 9.89 Å². The average Bonchev–Trinajstić information content (AvgIpc) is 2.47. The van der Waals surface area contributed by atoms with Crippen LogP contribution in [0.2, 0.25) is 0 Å². The zero-order valence-electron chi connectivity index (χ0n) is 9.55. The van der Waals surface area contributed by atoms with Crippen LogP contribution in [0.25, 0.3) is 0 Å². The van der Waals surface area contributed by atoms with Crippen LogP contribution in [0.4, 0.5) is 5.82 Å². The second-order valence-corrected chi connectivity index (χ2v) is 4.39. The van der Waals surface area contributed by atoms with Crippen molar-refractivity contribution in [3.8, 4) is 0 Å². The Morgan fingerprint density at radius 3 is 2.73 bits per heavy atom. The Hall–Kier alpha value is -1.36. The maximum atomic E-state index is 11.4. The molecule has 2 N–H and O–H groups in total. The molecular weight excluding hydrogens is 194 g/mol. The molecule has 1 aromatic heterocycles. The monoisotopic (exact) mass is 211 g/mol. The van der Waals surface area contributed by atoms with E-state index in [0.29, 0.717) is 5.82 Å². The Kier molecular flexibility index (Phi) is 3.47. The molecule has 0 unspecified atom stereocenters. The Labute approximate surface area is 89.2 Å². The number of hydrogen-bond donors (Lipinski definition) is 2. The van der Waals surface area contributed by atoms with E-state index in [1.54, 1.807) is 6.07 Å². The molecule has 0 aliphatic heterocycles. The van der Waals surface area contributed by atoms with E-state index in [0.717, 1.165) is 5.69 Å². The normalized spacial score (nSPS) is 11.5. The third-order valence-corrected chi connectivity index (χ3v) is 1.61. The van der Waals surface area contributed by atoms with Crippen molar-refractivity contribution in [3.63, 3.8) is 0 Å². The van der Waals surface area contributed by atoms with Crippen LogP contribution in [-0.4, -0.2) is 28.3 Å². The molecule has 5 heteroatoms. The minimum absolute atomic E-state index is 0.0371. The predicted octanol–water partition coefficient (Wildman–Crippen LogP) is 1.47. The molecule has 15 heavy (non-hydrogen) atoms. The fraction of sp³-hybridized carbons (Fsp3) is 0.600. The first-order valence-corrected chi connectivity index (χ1v) is 4.83. The Balaban J connectivity index is 2.37. The van der Waals surface area contributed by atoms with Crippen LogP contribution in [0.1, 0.15) is 26.5 Å². The molecule has 1 rings (SSSR count). The first kappa shape index (κ1) is 11.7. The number of aryl methyl sites for hydroxylation is 1. The van der Waals surface area contributed by atoms with Gasteiger partial charge in [0.15, 0.2) is 5.82 Å². The molecule has 0 bridgehead atoms. The van der Waals surface area contributed by atoms with Crippen molar-refractivity contribution >= 4 is 11.7 Å². The lowest BCUT2D eigenvalue weighted by molar-refractivity contribution is -0.125. The van der Waals surface area contributed by atoms with Gasteiger partial charge in [-0.05, 0) is 27.7 Å². The molecule has 0 aromatic carbocycles. The van der Waals surface area contributed by atoms with Crippen molar-refractivity contribution in [2.45, 2.75) is 33.3 Å². The van der Waals surface area contributed by atoms with E-state index in [-0.39, 0.29) is 18.1 Å². The van der Waals surface area contributed by atoms with Gasteiger partial charge in [0.1, 0.15) is 6.61 Å². The van der Waals surface area contributed by atoms with Crippen molar-refractivity contribution in [2.24, 2.45) is 0 Å². The van der Waals surface area contributed by atoms with Crippen molar-refractivity contribution in [1.82, 2.24) is 10.2 Å². The molecule has 1 heterocycles. The Morgan fingerprint density at radius 2 is 2.27 bits per heavy atom. The summed E-state index contributed by atoms with van der Waals surface area (Å²) in [5.41, 5.74) is 0.598. The van der Waals surface area contributed by atoms with Crippen molar-refractivity contribution in [1.29, 1.82) is 0 Å². The maximum Gasteiger partial charge on any atom is 0.251 e. The lowest BCUT2D eigenvalue weighted by Gasteiger charge is -2.18. The SMILES string of the molecule is Cc1cc(NC(=O)COC(C)(C)C)n[nH]1. The minimum atomic E-state index is -0.307. The van der Waals surface area contributed by atoms with Crippen LogP contribution >= 0.6 is 0 Å². The van der Waals surface area contributed by atoms with Gasteiger partial charge in [-0.25, -0.2) is 0 Å². The number of amides is 1. The summed E-state index contributed by atoms with van der Waals surface area (Å²) in [5.74, 6) is 0.325. The average molecular weight is 211 g/mol. The smallest absolute Gasteiger partial charge is 0.251 e. The summed E-state index contributed by atoms with van der Waals surface area (Å²) < 4.78 is 5.32. The molecular formula is C10H17N3O2. The number of nitrogens with zero attached hydrogens (tertiary/aromatic N) is 1. The molecule has 0 aliphatic rings. The molecule has 0 spiro atoms. The van der Waals surface area contributed by atoms with E-state index in [1.807, 2.05) is 27.7 Å². The molecule has 0 fully saturated rings. The van der Waals surface area contributed by atoms with Gasteiger partial charge in [-0.1, -0.05) is 0 Å². The summed E-state index contributed by atoms with van der Waals surface area (Å²) in [4.78, 5) is 11.4. The molecule has 0 saturated carbocycles. The van der Waals surface area contributed by atoms with Crippen LogP contribution in [0.3, 0.4) is 0 Å². The highest BCUT2D eigenvalue weighted by atomic mass is 16.5. The lowest BCUT2D eigenvalue weighted by atomic mass is 10.2. The summed E-state index contributed by atoms with van der Waals surface area (Å²) in [6.45, 7) is 7.61.